The fraction of sp³-hybridized carbons (Fsp3) is 0.125. The molecule has 9 heteroatoms. The summed E-state index contributed by atoms with van der Waals surface area (Å²) in [5, 5.41) is 24.0. The maximum Gasteiger partial charge on any atom is 0.270 e. The SMILES string of the molecule is COc1ccc(SCC(=O)N/N=C/c2cc([N+](=O)[O-])ccc2O)cc1. The van der Waals surface area contributed by atoms with Crippen molar-refractivity contribution in [1.29, 1.82) is 0 Å². The quantitative estimate of drug-likeness (QED) is 0.339. The lowest BCUT2D eigenvalue weighted by atomic mass is 10.2. The number of hydrogen-bond acceptors (Lipinski definition) is 7. The van der Waals surface area contributed by atoms with Crippen molar-refractivity contribution in [2.24, 2.45) is 5.10 Å². The number of aromatic hydroxyl groups is 1. The standard InChI is InChI=1S/C16H15N3O5S/c1-24-13-3-5-14(6-4-13)25-10-16(21)18-17-9-11-8-12(19(22)23)2-7-15(11)20/h2-9,20H,10H2,1H3,(H,18,21)/b17-9+. The van der Waals surface area contributed by atoms with Gasteiger partial charge in [0.25, 0.3) is 5.69 Å². The zero-order valence-corrected chi connectivity index (χ0v) is 14.0. The van der Waals surface area contributed by atoms with Crippen molar-refractivity contribution in [3.05, 3.63) is 58.1 Å². The van der Waals surface area contributed by atoms with Gasteiger partial charge in [-0.1, -0.05) is 0 Å². The summed E-state index contributed by atoms with van der Waals surface area (Å²) in [7, 11) is 1.58. The number of nitrogens with one attached hydrogen (secondary N) is 1. The number of amides is 1. The summed E-state index contributed by atoms with van der Waals surface area (Å²) < 4.78 is 5.05. The number of benzene rings is 2. The summed E-state index contributed by atoms with van der Waals surface area (Å²) in [6.07, 6.45) is 1.15. The number of phenols is 1. The smallest absolute Gasteiger partial charge is 0.270 e. The van der Waals surface area contributed by atoms with Crippen molar-refractivity contribution >= 4 is 29.6 Å². The molecule has 130 valence electrons. The Kier molecular flexibility index (Phi) is 6.35. The van der Waals surface area contributed by atoms with Crippen LogP contribution in [0.15, 0.2) is 52.5 Å². The van der Waals surface area contributed by atoms with Crippen LogP contribution in [-0.2, 0) is 4.79 Å². The molecule has 0 aliphatic carbocycles. The molecule has 0 heterocycles. The summed E-state index contributed by atoms with van der Waals surface area (Å²) in [5.74, 6) is 0.360. The first-order valence-electron chi connectivity index (χ1n) is 7.06. The number of ether oxygens (including phenoxy) is 1. The number of carbonyl (C=O) groups is 1. The largest absolute Gasteiger partial charge is 0.507 e. The molecule has 0 saturated carbocycles. The predicted molar refractivity (Wildman–Crippen MR) is 94.2 cm³/mol. The molecule has 2 aromatic rings. The van der Waals surface area contributed by atoms with Crippen LogP contribution < -0.4 is 10.2 Å². The summed E-state index contributed by atoms with van der Waals surface area (Å²) in [4.78, 5) is 22.8. The van der Waals surface area contributed by atoms with E-state index in [-0.39, 0.29) is 28.7 Å². The van der Waals surface area contributed by atoms with Gasteiger partial charge in [-0.05, 0) is 30.3 Å². The first kappa shape index (κ1) is 18.3. The molecule has 2 rings (SSSR count). The van der Waals surface area contributed by atoms with E-state index in [0.29, 0.717) is 0 Å². The van der Waals surface area contributed by atoms with Gasteiger partial charge < -0.3 is 9.84 Å². The van der Waals surface area contributed by atoms with Gasteiger partial charge >= 0.3 is 0 Å². The van der Waals surface area contributed by atoms with Crippen LogP contribution in [0.5, 0.6) is 11.5 Å². The van der Waals surface area contributed by atoms with Gasteiger partial charge in [-0.3, -0.25) is 14.9 Å². The van der Waals surface area contributed by atoms with Crippen molar-refractivity contribution in [3.63, 3.8) is 0 Å². The molecule has 2 N–H and O–H groups in total. The first-order valence-corrected chi connectivity index (χ1v) is 8.04. The summed E-state index contributed by atoms with van der Waals surface area (Å²) in [6, 6.07) is 10.8. The Morgan fingerprint density at radius 2 is 2.08 bits per heavy atom. The van der Waals surface area contributed by atoms with Gasteiger partial charge in [0, 0.05) is 22.6 Å². The number of nitro groups is 1. The van der Waals surface area contributed by atoms with Crippen molar-refractivity contribution in [1.82, 2.24) is 5.43 Å². The number of phenolic OH excluding ortho intramolecular Hbond substituents is 1. The first-order chi connectivity index (χ1) is 12.0. The minimum absolute atomic E-state index is 0.136. The lowest BCUT2D eigenvalue weighted by molar-refractivity contribution is -0.384. The molecule has 0 spiro atoms. The monoisotopic (exact) mass is 361 g/mol. The number of methoxy groups -OCH3 is 1. The van der Waals surface area contributed by atoms with Crippen LogP contribution in [0, 0.1) is 10.1 Å². The number of hydrogen-bond donors (Lipinski definition) is 2. The highest BCUT2D eigenvalue weighted by Gasteiger charge is 2.09. The van der Waals surface area contributed by atoms with Gasteiger partial charge in [0.05, 0.1) is 24.0 Å². The molecule has 0 atom stereocenters. The molecular weight excluding hydrogens is 346 g/mol. The van der Waals surface area contributed by atoms with Crippen molar-refractivity contribution < 1.29 is 19.6 Å². The van der Waals surface area contributed by atoms with Crippen molar-refractivity contribution in [2.75, 3.05) is 12.9 Å². The molecule has 0 aliphatic rings. The van der Waals surface area contributed by atoms with Crippen LogP contribution in [0.2, 0.25) is 0 Å². The number of rotatable bonds is 7. The summed E-state index contributed by atoms with van der Waals surface area (Å²) in [5.41, 5.74) is 2.26. The Balaban J connectivity index is 1.87. The van der Waals surface area contributed by atoms with E-state index in [0.717, 1.165) is 22.9 Å². The number of nitrogens with zero attached hydrogens (tertiary/aromatic N) is 2. The van der Waals surface area contributed by atoms with Crippen LogP contribution >= 0.6 is 11.8 Å². The van der Waals surface area contributed by atoms with E-state index in [1.54, 1.807) is 19.2 Å². The highest BCUT2D eigenvalue weighted by molar-refractivity contribution is 8.00. The fourth-order valence-electron chi connectivity index (χ4n) is 1.79. The lowest BCUT2D eigenvalue weighted by Crippen LogP contribution is -2.19. The molecule has 2 aromatic carbocycles. The van der Waals surface area contributed by atoms with Gasteiger partial charge in [0.2, 0.25) is 5.91 Å². The second kappa shape index (κ2) is 8.69. The highest BCUT2D eigenvalue weighted by atomic mass is 32.2. The minimum Gasteiger partial charge on any atom is -0.507 e. The fourth-order valence-corrected chi connectivity index (χ4v) is 2.48. The molecule has 0 fully saturated rings. The normalized spacial score (nSPS) is 10.6. The van der Waals surface area contributed by atoms with E-state index in [1.807, 2.05) is 12.1 Å². The van der Waals surface area contributed by atoms with Gasteiger partial charge in [-0.25, -0.2) is 5.43 Å². The molecule has 0 aromatic heterocycles. The number of hydrazone groups is 1. The van der Waals surface area contributed by atoms with E-state index >= 15 is 0 Å². The Morgan fingerprint density at radius 1 is 1.36 bits per heavy atom. The topological polar surface area (TPSA) is 114 Å². The van der Waals surface area contributed by atoms with Gasteiger partial charge in [-0.15, -0.1) is 11.8 Å². The molecule has 0 unspecified atom stereocenters. The third-order valence-electron chi connectivity index (χ3n) is 3.04. The molecule has 0 bridgehead atoms. The Morgan fingerprint density at radius 3 is 2.72 bits per heavy atom. The Bertz CT molecular complexity index is 793. The predicted octanol–water partition coefficient (Wildman–Crippen LogP) is 2.55. The molecule has 0 radical (unpaired) electrons. The zero-order chi connectivity index (χ0) is 18.2. The molecule has 8 nitrogen and oxygen atoms in total. The Labute approximate surface area is 147 Å². The second-order valence-electron chi connectivity index (χ2n) is 4.76. The van der Waals surface area contributed by atoms with Crippen molar-refractivity contribution in [2.45, 2.75) is 4.90 Å². The average molecular weight is 361 g/mol. The zero-order valence-electron chi connectivity index (χ0n) is 13.2. The summed E-state index contributed by atoms with van der Waals surface area (Å²) >= 11 is 1.32. The molecule has 1 amide bonds. The van der Waals surface area contributed by atoms with E-state index in [2.05, 4.69) is 10.5 Å². The van der Waals surface area contributed by atoms with Crippen LogP contribution in [0.1, 0.15) is 5.56 Å². The maximum absolute atomic E-state index is 11.7. The maximum atomic E-state index is 11.7. The van der Waals surface area contributed by atoms with Crippen molar-refractivity contribution in [3.8, 4) is 11.5 Å². The average Bonchev–Trinajstić information content (AvgIpc) is 2.61. The number of non-ortho nitro benzene ring substituents is 1. The van der Waals surface area contributed by atoms with Crippen LogP contribution in [-0.4, -0.2) is 35.0 Å². The van der Waals surface area contributed by atoms with Crippen LogP contribution in [0.4, 0.5) is 5.69 Å². The molecule has 0 aliphatic heterocycles. The third-order valence-corrected chi connectivity index (χ3v) is 4.06. The van der Waals surface area contributed by atoms with Gasteiger partial charge in [-0.2, -0.15) is 5.10 Å². The number of nitro benzene ring substituents is 1. The van der Waals surface area contributed by atoms with E-state index in [1.165, 1.54) is 23.9 Å². The van der Waals surface area contributed by atoms with Gasteiger partial charge in [0.15, 0.2) is 0 Å². The molecule has 25 heavy (non-hydrogen) atoms. The summed E-state index contributed by atoms with van der Waals surface area (Å²) in [6.45, 7) is 0. The molecular formula is C16H15N3O5S. The molecule has 0 saturated heterocycles. The second-order valence-corrected chi connectivity index (χ2v) is 5.81. The van der Waals surface area contributed by atoms with Crippen LogP contribution in [0.25, 0.3) is 0 Å². The Hall–Kier alpha value is -3.07. The lowest BCUT2D eigenvalue weighted by Gasteiger charge is -2.03. The van der Waals surface area contributed by atoms with E-state index < -0.39 is 4.92 Å². The number of carbonyl (C=O) groups excluding carboxylic acids is 1. The third kappa shape index (κ3) is 5.50. The van der Waals surface area contributed by atoms with Crippen LogP contribution in [0.3, 0.4) is 0 Å². The minimum atomic E-state index is -0.582. The van der Waals surface area contributed by atoms with E-state index in [4.69, 9.17) is 4.74 Å². The van der Waals surface area contributed by atoms with E-state index in [9.17, 15) is 20.0 Å². The highest BCUT2D eigenvalue weighted by Crippen LogP contribution is 2.22. The van der Waals surface area contributed by atoms with Gasteiger partial charge in [0.1, 0.15) is 11.5 Å². The number of thioether (sulfide) groups is 1.